The van der Waals surface area contributed by atoms with Gasteiger partial charge in [-0.1, -0.05) is 22.0 Å². The Hall–Kier alpha value is -0.470. The maximum atomic E-state index is 12.1. The molecule has 4 N–H and O–H groups in total. The van der Waals surface area contributed by atoms with Gasteiger partial charge in [-0.05, 0) is 31.5 Å². The molecule has 0 amide bonds. The van der Waals surface area contributed by atoms with Crippen molar-refractivity contribution >= 4 is 26.0 Å². The Bertz CT molecular complexity index is 517. The first-order valence-electron chi connectivity index (χ1n) is 5.43. The quantitative estimate of drug-likeness (QED) is 0.739. The average molecular weight is 337 g/mol. The normalized spacial score (nSPS) is 15.4. The number of aliphatic hydroxyl groups is 1. The average Bonchev–Trinajstić information content (AvgIpc) is 2.29. The van der Waals surface area contributed by atoms with E-state index in [2.05, 4.69) is 20.7 Å². The standard InChI is InChI=1S/C11H17BrN2O3S/c1-7-3-4-9(12)5-11(7)18(16,17)14-6-10(13)8(2)15/h3-5,8,10,14-15H,6,13H2,1-2H3. The highest BCUT2D eigenvalue weighted by atomic mass is 79.9. The Morgan fingerprint density at radius 2 is 2.11 bits per heavy atom. The molecule has 0 saturated heterocycles. The summed E-state index contributed by atoms with van der Waals surface area (Å²) in [6.07, 6.45) is -0.767. The van der Waals surface area contributed by atoms with Gasteiger partial charge in [0.15, 0.2) is 0 Å². The summed E-state index contributed by atoms with van der Waals surface area (Å²) in [6, 6.07) is 4.39. The van der Waals surface area contributed by atoms with Crippen LogP contribution in [-0.4, -0.2) is 32.2 Å². The fraction of sp³-hybridized carbons (Fsp3) is 0.455. The SMILES string of the molecule is Cc1ccc(Br)cc1S(=O)(=O)NCC(N)C(C)O. The van der Waals surface area contributed by atoms with E-state index in [9.17, 15) is 13.5 Å². The molecule has 0 radical (unpaired) electrons. The zero-order chi connectivity index (χ0) is 13.9. The first-order valence-corrected chi connectivity index (χ1v) is 7.71. The molecule has 5 nitrogen and oxygen atoms in total. The number of sulfonamides is 1. The molecule has 0 spiro atoms. The Kier molecular flexibility index (Phi) is 5.30. The van der Waals surface area contributed by atoms with E-state index in [4.69, 9.17) is 5.73 Å². The van der Waals surface area contributed by atoms with Crippen LogP contribution in [-0.2, 0) is 10.0 Å². The van der Waals surface area contributed by atoms with Gasteiger partial charge in [-0.15, -0.1) is 0 Å². The number of nitrogens with one attached hydrogen (secondary N) is 1. The van der Waals surface area contributed by atoms with Crippen LogP contribution >= 0.6 is 15.9 Å². The van der Waals surface area contributed by atoms with Gasteiger partial charge in [0.05, 0.1) is 11.0 Å². The molecule has 0 aromatic heterocycles. The molecule has 0 saturated carbocycles. The van der Waals surface area contributed by atoms with E-state index in [1.807, 2.05) is 0 Å². The topological polar surface area (TPSA) is 92.4 Å². The molecule has 102 valence electrons. The van der Waals surface area contributed by atoms with Crippen LogP contribution in [0.4, 0.5) is 0 Å². The van der Waals surface area contributed by atoms with Crippen LogP contribution in [0.1, 0.15) is 12.5 Å². The van der Waals surface area contributed by atoms with Gasteiger partial charge < -0.3 is 10.8 Å². The van der Waals surface area contributed by atoms with Crippen LogP contribution in [0.15, 0.2) is 27.6 Å². The number of hydrogen-bond donors (Lipinski definition) is 3. The van der Waals surface area contributed by atoms with Crippen LogP contribution in [0.3, 0.4) is 0 Å². The molecule has 0 heterocycles. The summed E-state index contributed by atoms with van der Waals surface area (Å²) in [4.78, 5) is 0.203. The molecule has 2 atom stereocenters. The molecule has 0 aliphatic rings. The monoisotopic (exact) mass is 336 g/mol. The van der Waals surface area contributed by atoms with Crippen molar-refractivity contribution in [3.05, 3.63) is 28.2 Å². The molecule has 7 heteroatoms. The van der Waals surface area contributed by atoms with Gasteiger partial charge in [0.25, 0.3) is 0 Å². The lowest BCUT2D eigenvalue weighted by atomic mass is 10.2. The molecule has 0 fully saturated rings. The van der Waals surface area contributed by atoms with Gasteiger partial charge in [-0.2, -0.15) is 0 Å². The number of rotatable bonds is 5. The van der Waals surface area contributed by atoms with E-state index in [-0.39, 0.29) is 11.4 Å². The molecule has 0 aliphatic heterocycles. The van der Waals surface area contributed by atoms with Gasteiger partial charge in [-0.3, -0.25) is 0 Å². The lowest BCUT2D eigenvalue weighted by Crippen LogP contribution is -2.43. The predicted molar refractivity (Wildman–Crippen MR) is 73.7 cm³/mol. The largest absolute Gasteiger partial charge is 0.392 e. The molecule has 1 aromatic carbocycles. The van der Waals surface area contributed by atoms with Crippen LogP contribution in [0.25, 0.3) is 0 Å². The van der Waals surface area contributed by atoms with Crippen LogP contribution in [0, 0.1) is 6.92 Å². The Morgan fingerprint density at radius 1 is 1.50 bits per heavy atom. The lowest BCUT2D eigenvalue weighted by molar-refractivity contribution is 0.164. The van der Waals surface area contributed by atoms with Gasteiger partial charge in [-0.25, -0.2) is 13.1 Å². The number of benzene rings is 1. The van der Waals surface area contributed by atoms with Gasteiger partial charge in [0.2, 0.25) is 10.0 Å². The third kappa shape index (κ3) is 4.03. The van der Waals surface area contributed by atoms with Crippen molar-refractivity contribution in [1.82, 2.24) is 4.72 Å². The summed E-state index contributed by atoms with van der Waals surface area (Å²) < 4.78 is 27.2. The van der Waals surface area contributed by atoms with Crippen molar-refractivity contribution in [1.29, 1.82) is 0 Å². The van der Waals surface area contributed by atoms with Crippen LogP contribution < -0.4 is 10.5 Å². The summed E-state index contributed by atoms with van der Waals surface area (Å²) in [7, 11) is -3.61. The minimum absolute atomic E-state index is 0.00798. The van der Waals surface area contributed by atoms with Crippen LogP contribution in [0.2, 0.25) is 0 Å². The van der Waals surface area contributed by atoms with E-state index in [1.54, 1.807) is 19.1 Å². The molecular formula is C11H17BrN2O3S. The number of nitrogens with two attached hydrogens (primary N) is 1. The maximum Gasteiger partial charge on any atom is 0.240 e. The second-order valence-electron chi connectivity index (χ2n) is 4.17. The zero-order valence-corrected chi connectivity index (χ0v) is 12.6. The maximum absolute atomic E-state index is 12.1. The Balaban J connectivity index is 2.90. The number of halogens is 1. The first-order chi connectivity index (χ1) is 8.24. The van der Waals surface area contributed by atoms with E-state index in [0.717, 1.165) is 0 Å². The van der Waals surface area contributed by atoms with Gasteiger partial charge in [0, 0.05) is 17.1 Å². The number of hydrogen-bond acceptors (Lipinski definition) is 4. The van der Waals surface area contributed by atoms with E-state index in [0.29, 0.717) is 10.0 Å². The first kappa shape index (κ1) is 15.6. The predicted octanol–water partition coefficient (Wildman–Crippen LogP) is 0.744. The number of aryl methyl sites for hydroxylation is 1. The minimum Gasteiger partial charge on any atom is -0.392 e. The van der Waals surface area contributed by atoms with Gasteiger partial charge in [0.1, 0.15) is 0 Å². The molecule has 0 aliphatic carbocycles. The fourth-order valence-corrected chi connectivity index (χ4v) is 3.17. The summed E-state index contributed by atoms with van der Waals surface area (Å²) in [5, 5.41) is 9.22. The molecule has 0 bridgehead atoms. The summed E-state index contributed by atoms with van der Waals surface area (Å²) in [6.45, 7) is 3.23. The fourth-order valence-electron chi connectivity index (χ4n) is 1.32. The highest BCUT2D eigenvalue weighted by Crippen LogP contribution is 2.20. The smallest absolute Gasteiger partial charge is 0.240 e. The van der Waals surface area contributed by atoms with Crippen molar-refractivity contribution in [2.45, 2.75) is 30.9 Å². The molecule has 1 aromatic rings. The van der Waals surface area contributed by atoms with Crippen LogP contribution in [0.5, 0.6) is 0 Å². The zero-order valence-electron chi connectivity index (χ0n) is 10.2. The number of aliphatic hydroxyl groups excluding tert-OH is 1. The van der Waals surface area contributed by atoms with Gasteiger partial charge >= 0.3 is 0 Å². The summed E-state index contributed by atoms with van der Waals surface area (Å²) >= 11 is 3.24. The highest BCUT2D eigenvalue weighted by Gasteiger charge is 2.19. The summed E-state index contributed by atoms with van der Waals surface area (Å²) in [5.41, 5.74) is 6.23. The molecule has 2 unspecified atom stereocenters. The molecular weight excluding hydrogens is 320 g/mol. The highest BCUT2D eigenvalue weighted by molar-refractivity contribution is 9.10. The van der Waals surface area contributed by atoms with E-state index in [1.165, 1.54) is 13.0 Å². The Morgan fingerprint density at radius 3 is 2.67 bits per heavy atom. The minimum atomic E-state index is -3.61. The van der Waals surface area contributed by atoms with E-state index >= 15 is 0 Å². The second kappa shape index (κ2) is 6.12. The van der Waals surface area contributed by atoms with Crippen molar-refractivity contribution in [2.75, 3.05) is 6.54 Å². The third-order valence-electron chi connectivity index (χ3n) is 2.57. The van der Waals surface area contributed by atoms with E-state index < -0.39 is 22.2 Å². The lowest BCUT2D eigenvalue weighted by Gasteiger charge is -2.16. The van der Waals surface area contributed by atoms with Crippen molar-refractivity contribution < 1.29 is 13.5 Å². The molecule has 1 rings (SSSR count). The Labute approximate surface area is 116 Å². The van der Waals surface area contributed by atoms with Crippen molar-refractivity contribution in [3.8, 4) is 0 Å². The van der Waals surface area contributed by atoms with Crippen molar-refractivity contribution in [2.24, 2.45) is 5.73 Å². The second-order valence-corrected chi connectivity index (χ2v) is 6.82. The summed E-state index contributed by atoms with van der Waals surface area (Å²) in [5.74, 6) is 0. The third-order valence-corrected chi connectivity index (χ3v) is 4.63. The van der Waals surface area contributed by atoms with Crippen molar-refractivity contribution in [3.63, 3.8) is 0 Å². The molecule has 18 heavy (non-hydrogen) atoms.